The fraction of sp³-hybridized carbons (Fsp3) is 0.667. The Morgan fingerprint density at radius 3 is 2.64 bits per heavy atom. The van der Waals surface area contributed by atoms with Gasteiger partial charge >= 0.3 is 0 Å². The number of rotatable bonds is 3. The Hall–Kier alpha value is -1.13. The number of aryl methyl sites for hydroxylation is 1. The Balaban J connectivity index is 1.73. The molecule has 2 saturated heterocycles. The maximum atomic E-state index is 14.5. The van der Waals surface area contributed by atoms with Gasteiger partial charge in [-0.25, -0.2) is 4.39 Å². The van der Waals surface area contributed by atoms with Gasteiger partial charge in [-0.2, -0.15) is 0 Å². The lowest BCUT2D eigenvalue weighted by Crippen LogP contribution is -2.41. The maximum Gasteiger partial charge on any atom is 0.146 e. The Bertz CT molecular complexity index is 528. The third kappa shape index (κ3) is 3.28. The van der Waals surface area contributed by atoms with E-state index >= 15 is 0 Å². The topological polar surface area (TPSA) is 26.7 Å². The first kappa shape index (κ1) is 15.8. The van der Waals surface area contributed by atoms with E-state index in [1.54, 1.807) is 6.07 Å². The molecular formula is C18H27FN2O. The number of anilines is 1. The first-order valence-electron chi connectivity index (χ1n) is 8.49. The summed E-state index contributed by atoms with van der Waals surface area (Å²) in [5, 5.41) is 9.83. The van der Waals surface area contributed by atoms with Crippen molar-refractivity contribution in [1.82, 2.24) is 4.90 Å². The second-order valence-electron chi connectivity index (χ2n) is 6.99. The molecule has 22 heavy (non-hydrogen) atoms. The molecule has 2 heterocycles. The van der Waals surface area contributed by atoms with Gasteiger partial charge in [0.25, 0.3) is 0 Å². The molecule has 0 saturated carbocycles. The van der Waals surface area contributed by atoms with Crippen molar-refractivity contribution >= 4 is 5.69 Å². The predicted octanol–water partition coefficient (Wildman–Crippen LogP) is 2.94. The van der Waals surface area contributed by atoms with Gasteiger partial charge in [-0.3, -0.25) is 4.90 Å². The van der Waals surface area contributed by atoms with E-state index in [2.05, 4.69) is 23.6 Å². The number of benzene rings is 1. The Morgan fingerprint density at radius 1 is 1.23 bits per heavy atom. The summed E-state index contributed by atoms with van der Waals surface area (Å²) in [7, 11) is 0. The van der Waals surface area contributed by atoms with Crippen LogP contribution in [0.25, 0.3) is 0 Å². The smallest absolute Gasteiger partial charge is 0.146 e. The second-order valence-corrected chi connectivity index (χ2v) is 6.99. The van der Waals surface area contributed by atoms with Gasteiger partial charge < -0.3 is 10.0 Å². The molecule has 0 aromatic heterocycles. The summed E-state index contributed by atoms with van der Waals surface area (Å²) in [4.78, 5) is 4.49. The van der Waals surface area contributed by atoms with Gasteiger partial charge in [0.15, 0.2) is 0 Å². The zero-order chi connectivity index (χ0) is 15.7. The summed E-state index contributed by atoms with van der Waals surface area (Å²) in [5.41, 5.74) is 3.01. The quantitative estimate of drug-likeness (QED) is 0.930. The van der Waals surface area contributed by atoms with Gasteiger partial charge in [0.1, 0.15) is 5.82 Å². The third-order valence-electron chi connectivity index (χ3n) is 5.19. The molecule has 2 atom stereocenters. The average Bonchev–Trinajstić information content (AvgIpc) is 3.00. The fourth-order valence-corrected chi connectivity index (χ4v) is 3.68. The van der Waals surface area contributed by atoms with Crippen LogP contribution in [0.4, 0.5) is 10.1 Å². The molecule has 1 N–H and O–H groups in total. The normalized spacial score (nSPS) is 26.6. The van der Waals surface area contributed by atoms with E-state index < -0.39 is 0 Å². The molecule has 1 aromatic carbocycles. The maximum absolute atomic E-state index is 14.5. The number of hydrogen-bond acceptors (Lipinski definition) is 3. The average molecular weight is 306 g/mol. The highest BCUT2D eigenvalue weighted by molar-refractivity contribution is 5.52. The van der Waals surface area contributed by atoms with Gasteiger partial charge in [0, 0.05) is 32.7 Å². The summed E-state index contributed by atoms with van der Waals surface area (Å²) < 4.78 is 14.5. The van der Waals surface area contributed by atoms with Crippen molar-refractivity contribution in [1.29, 1.82) is 0 Å². The van der Waals surface area contributed by atoms with E-state index in [-0.39, 0.29) is 11.9 Å². The molecule has 2 aliphatic rings. The van der Waals surface area contributed by atoms with Crippen molar-refractivity contribution in [2.24, 2.45) is 5.92 Å². The first-order chi connectivity index (χ1) is 10.5. The Kier molecular flexibility index (Phi) is 4.69. The molecule has 122 valence electrons. The molecule has 3 nitrogen and oxygen atoms in total. The van der Waals surface area contributed by atoms with Crippen LogP contribution >= 0.6 is 0 Å². The van der Waals surface area contributed by atoms with Crippen LogP contribution in [0.2, 0.25) is 0 Å². The van der Waals surface area contributed by atoms with Gasteiger partial charge in [-0.15, -0.1) is 0 Å². The van der Waals surface area contributed by atoms with Crippen molar-refractivity contribution in [2.75, 3.05) is 31.1 Å². The molecule has 4 heteroatoms. The predicted molar refractivity (Wildman–Crippen MR) is 87.6 cm³/mol. The number of hydrogen-bond donors (Lipinski definition) is 1. The molecule has 0 spiro atoms. The molecule has 1 aromatic rings. The van der Waals surface area contributed by atoms with Gasteiger partial charge in [0.05, 0.1) is 11.8 Å². The lowest BCUT2D eigenvalue weighted by Gasteiger charge is -2.34. The van der Waals surface area contributed by atoms with E-state index in [0.717, 1.165) is 63.2 Å². The number of nitrogens with zero attached hydrogens (tertiary/aromatic N) is 2. The summed E-state index contributed by atoms with van der Waals surface area (Å²) in [5.74, 6) is 0.204. The molecular weight excluding hydrogens is 279 g/mol. The molecule has 3 rings (SSSR count). The highest BCUT2D eigenvalue weighted by Crippen LogP contribution is 2.28. The molecule has 0 radical (unpaired) electrons. The summed E-state index contributed by atoms with van der Waals surface area (Å²) in [6.45, 7) is 8.66. The zero-order valence-electron chi connectivity index (χ0n) is 13.7. The zero-order valence-corrected chi connectivity index (χ0v) is 13.7. The van der Waals surface area contributed by atoms with E-state index in [9.17, 15) is 9.50 Å². The van der Waals surface area contributed by atoms with Crippen molar-refractivity contribution < 1.29 is 9.50 Å². The van der Waals surface area contributed by atoms with Crippen LogP contribution in [0.3, 0.4) is 0 Å². The van der Waals surface area contributed by atoms with Crippen LogP contribution in [0.15, 0.2) is 12.1 Å². The van der Waals surface area contributed by atoms with Crippen LogP contribution in [-0.4, -0.2) is 42.3 Å². The molecule has 0 amide bonds. The summed E-state index contributed by atoms with van der Waals surface area (Å²) in [6.07, 6.45) is 2.95. The Morgan fingerprint density at radius 2 is 1.95 bits per heavy atom. The minimum atomic E-state index is -0.188. The number of piperidine rings is 1. The molecule has 2 aliphatic heterocycles. The van der Waals surface area contributed by atoms with Crippen molar-refractivity contribution in [3.8, 4) is 0 Å². The lowest BCUT2D eigenvalue weighted by atomic mass is 9.96. The van der Waals surface area contributed by atoms with E-state index in [1.807, 2.05) is 6.07 Å². The van der Waals surface area contributed by atoms with Crippen LogP contribution in [-0.2, 0) is 6.54 Å². The number of likely N-dealkylation sites (tertiary alicyclic amines) is 1. The molecule has 0 unspecified atom stereocenters. The van der Waals surface area contributed by atoms with Gasteiger partial charge in [0.2, 0.25) is 0 Å². The highest BCUT2D eigenvalue weighted by atomic mass is 19.1. The van der Waals surface area contributed by atoms with E-state index in [4.69, 9.17) is 0 Å². The van der Waals surface area contributed by atoms with Gasteiger partial charge in [-0.05, 0) is 55.4 Å². The number of aliphatic hydroxyl groups is 1. The SMILES string of the molecule is Cc1cc(N2CCCC2)c(F)cc1CN1CC[C@@H](O)[C@H](C)C1. The van der Waals surface area contributed by atoms with Crippen molar-refractivity contribution in [3.05, 3.63) is 29.1 Å². The van der Waals surface area contributed by atoms with Crippen LogP contribution < -0.4 is 4.90 Å². The third-order valence-corrected chi connectivity index (χ3v) is 5.19. The summed E-state index contributed by atoms with van der Waals surface area (Å²) in [6, 6.07) is 3.73. The van der Waals surface area contributed by atoms with E-state index in [1.165, 1.54) is 5.56 Å². The minimum Gasteiger partial charge on any atom is -0.393 e. The van der Waals surface area contributed by atoms with Crippen molar-refractivity contribution in [3.63, 3.8) is 0 Å². The monoisotopic (exact) mass is 306 g/mol. The number of halogens is 1. The second kappa shape index (κ2) is 6.55. The minimum absolute atomic E-state index is 0.0902. The van der Waals surface area contributed by atoms with Crippen LogP contribution in [0.5, 0.6) is 0 Å². The standard InChI is InChI=1S/C18H27FN2O/c1-13-9-17(21-6-3-4-7-21)16(19)10-15(13)12-20-8-5-18(22)14(2)11-20/h9-10,14,18,22H,3-8,11-12H2,1-2H3/t14-,18-/m1/s1. The molecule has 2 fully saturated rings. The Labute approximate surface area is 132 Å². The number of aliphatic hydroxyl groups excluding tert-OH is 1. The first-order valence-corrected chi connectivity index (χ1v) is 8.49. The lowest BCUT2D eigenvalue weighted by molar-refractivity contribution is 0.0319. The molecule has 0 aliphatic carbocycles. The summed E-state index contributed by atoms with van der Waals surface area (Å²) >= 11 is 0. The highest BCUT2D eigenvalue weighted by Gasteiger charge is 2.25. The van der Waals surface area contributed by atoms with E-state index in [0.29, 0.717) is 5.92 Å². The fourth-order valence-electron chi connectivity index (χ4n) is 3.68. The van der Waals surface area contributed by atoms with Gasteiger partial charge in [-0.1, -0.05) is 6.92 Å². The largest absolute Gasteiger partial charge is 0.393 e. The molecule has 0 bridgehead atoms. The van der Waals surface area contributed by atoms with Crippen molar-refractivity contribution in [2.45, 2.75) is 45.8 Å². The van der Waals surface area contributed by atoms with Crippen LogP contribution in [0.1, 0.15) is 37.3 Å². The van der Waals surface area contributed by atoms with Crippen LogP contribution in [0, 0.1) is 18.7 Å².